The van der Waals surface area contributed by atoms with Crippen LogP contribution in [0.4, 0.5) is 0 Å². The zero-order valence-corrected chi connectivity index (χ0v) is 25.8. The predicted octanol–water partition coefficient (Wildman–Crippen LogP) is 11.0. The van der Waals surface area contributed by atoms with E-state index in [4.69, 9.17) is 0 Å². The van der Waals surface area contributed by atoms with E-state index in [1.807, 2.05) is 42.5 Å². The van der Waals surface area contributed by atoms with Crippen molar-refractivity contribution in [2.24, 2.45) is 0 Å². The maximum Gasteiger partial charge on any atom is 0.0991 e. The Kier molecular flexibility index (Phi) is 6.22. The van der Waals surface area contributed by atoms with E-state index in [1.54, 1.807) is 0 Å². The molecule has 0 aliphatic rings. The molecule has 48 heavy (non-hydrogen) atoms. The van der Waals surface area contributed by atoms with Crippen molar-refractivity contribution >= 4 is 43.6 Å². The van der Waals surface area contributed by atoms with Gasteiger partial charge in [-0.3, -0.25) is 0 Å². The number of nitrogens with zero attached hydrogens (tertiary/aromatic N) is 4. The van der Waals surface area contributed by atoms with Crippen LogP contribution < -0.4 is 0 Å². The molecule has 4 heteroatoms. The summed E-state index contributed by atoms with van der Waals surface area (Å²) in [5.74, 6) is 0. The third-order valence-corrected chi connectivity index (χ3v) is 9.36. The summed E-state index contributed by atoms with van der Waals surface area (Å²) in [5.41, 5.74) is 12.2. The van der Waals surface area contributed by atoms with Gasteiger partial charge in [-0.2, -0.15) is 10.5 Å². The average Bonchev–Trinajstić information content (AvgIpc) is 3.68. The molecule has 0 amide bonds. The van der Waals surface area contributed by atoms with Gasteiger partial charge in [-0.1, -0.05) is 91.0 Å². The molecule has 0 saturated heterocycles. The highest BCUT2D eigenvalue weighted by molar-refractivity contribution is 6.15. The van der Waals surface area contributed by atoms with Crippen molar-refractivity contribution in [2.75, 3.05) is 0 Å². The lowest BCUT2D eigenvalue weighted by Crippen LogP contribution is -1.96. The second kappa shape index (κ2) is 10.9. The van der Waals surface area contributed by atoms with E-state index in [0.29, 0.717) is 11.1 Å². The van der Waals surface area contributed by atoms with Crippen molar-refractivity contribution in [3.05, 3.63) is 169 Å². The summed E-state index contributed by atoms with van der Waals surface area (Å²) in [4.78, 5) is 0. The van der Waals surface area contributed by atoms with Crippen molar-refractivity contribution in [3.63, 3.8) is 0 Å². The van der Waals surface area contributed by atoms with E-state index >= 15 is 0 Å². The van der Waals surface area contributed by atoms with E-state index in [0.717, 1.165) is 55.4 Å². The monoisotopic (exact) mass is 610 g/mol. The first kappa shape index (κ1) is 27.4. The van der Waals surface area contributed by atoms with Crippen LogP contribution in [0.1, 0.15) is 11.1 Å². The molecule has 9 aromatic rings. The smallest absolute Gasteiger partial charge is 0.0991 e. The van der Waals surface area contributed by atoms with Crippen LogP contribution in [0.25, 0.3) is 77.2 Å². The Morgan fingerprint density at radius 2 is 0.896 bits per heavy atom. The number of hydrogen-bond acceptors (Lipinski definition) is 2. The third-order valence-electron chi connectivity index (χ3n) is 9.36. The molecule has 0 aliphatic carbocycles. The van der Waals surface area contributed by atoms with Gasteiger partial charge in [0, 0.05) is 44.0 Å². The fourth-order valence-electron chi connectivity index (χ4n) is 7.28. The highest BCUT2D eigenvalue weighted by Gasteiger charge is 2.19. The second-order valence-electron chi connectivity index (χ2n) is 12.0. The van der Waals surface area contributed by atoms with Crippen LogP contribution in [0.5, 0.6) is 0 Å². The SMILES string of the molecule is N#Cc1ccc(-n2c3ccc(C#N)cc3c3cccc(-c4cccc(-c5cccc6c7ccccc7n(-c7ccccc7)c56)c4)c32)cc1. The molecule has 0 N–H and O–H groups in total. The van der Waals surface area contributed by atoms with Gasteiger partial charge in [0.2, 0.25) is 0 Å². The average molecular weight is 611 g/mol. The number of nitriles is 2. The van der Waals surface area contributed by atoms with Gasteiger partial charge < -0.3 is 9.13 Å². The van der Waals surface area contributed by atoms with Crippen LogP contribution in [0, 0.1) is 22.7 Å². The number of hydrogen-bond donors (Lipinski definition) is 0. The molecule has 222 valence electrons. The largest absolute Gasteiger partial charge is 0.309 e. The van der Waals surface area contributed by atoms with Crippen molar-refractivity contribution in [3.8, 4) is 45.8 Å². The molecule has 2 heterocycles. The number of fused-ring (bicyclic) bond motifs is 6. The lowest BCUT2D eigenvalue weighted by atomic mass is 9.96. The summed E-state index contributed by atoms with van der Waals surface area (Å²) >= 11 is 0. The molecule has 0 unspecified atom stereocenters. The van der Waals surface area contributed by atoms with Crippen LogP contribution in [0.15, 0.2) is 158 Å². The predicted molar refractivity (Wildman–Crippen MR) is 195 cm³/mol. The van der Waals surface area contributed by atoms with Crippen molar-refractivity contribution < 1.29 is 0 Å². The van der Waals surface area contributed by atoms with E-state index in [-0.39, 0.29) is 0 Å². The van der Waals surface area contributed by atoms with Crippen molar-refractivity contribution in [1.29, 1.82) is 10.5 Å². The Bertz CT molecular complexity index is 2790. The molecular weight excluding hydrogens is 585 g/mol. The maximum absolute atomic E-state index is 9.75. The molecule has 0 atom stereocenters. The van der Waals surface area contributed by atoms with Crippen LogP contribution in [0.3, 0.4) is 0 Å². The summed E-state index contributed by atoms with van der Waals surface area (Å²) in [6, 6.07) is 59.1. The van der Waals surface area contributed by atoms with Gasteiger partial charge in [0.05, 0.1) is 45.3 Å². The lowest BCUT2D eigenvalue weighted by Gasteiger charge is -2.14. The molecule has 0 bridgehead atoms. The van der Waals surface area contributed by atoms with Gasteiger partial charge in [0.15, 0.2) is 0 Å². The minimum Gasteiger partial charge on any atom is -0.309 e. The van der Waals surface area contributed by atoms with E-state index in [2.05, 4.69) is 137 Å². The first-order valence-corrected chi connectivity index (χ1v) is 15.9. The molecule has 0 radical (unpaired) electrons. The zero-order valence-electron chi connectivity index (χ0n) is 25.8. The summed E-state index contributed by atoms with van der Waals surface area (Å²) in [7, 11) is 0. The van der Waals surface area contributed by atoms with Crippen molar-refractivity contribution in [2.45, 2.75) is 0 Å². The zero-order chi connectivity index (χ0) is 32.2. The van der Waals surface area contributed by atoms with Crippen molar-refractivity contribution in [1.82, 2.24) is 9.13 Å². The summed E-state index contributed by atoms with van der Waals surface area (Å²) < 4.78 is 4.63. The summed E-state index contributed by atoms with van der Waals surface area (Å²) in [6.45, 7) is 0. The molecular formula is C44H26N4. The van der Waals surface area contributed by atoms with Gasteiger partial charge in [0.25, 0.3) is 0 Å². The fraction of sp³-hybridized carbons (Fsp3) is 0. The number of aromatic nitrogens is 2. The minimum atomic E-state index is 0.612. The molecule has 7 aromatic carbocycles. The molecule has 4 nitrogen and oxygen atoms in total. The molecule has 0 aliphatic heterocycles. The maximum atomic E-state index is 9.75. The minimum absolute atomic E-state index is 0.612. The highest BCUT2D eigenvalue weighted by Crippen LogP contribution is 2.42. The van der Waals surface area contributed by atoms with E-state index < -0.39 is 0 Å². The Morgan fingerprint density at radius 3 is 1.56 bits per heavy atom. The van der Waals surface area contributed by atoms with Gasteiger partial charge >= 0.3 is 0 Å². The molecule has 0 saturated carbocycles. The van der Waals surface area contributed by atoms with Crippen LogP contribution in [-0.4, -0.2) is 9.13 Å². The van der Waals surface area contributed by atoms with Crippen LogP contribution >= 0.6 is 0 Å². The number of benzene rings is 7. The number of rotatable bonds is 4. The van der Waals surface area contributed by atoms with Crippen LogP contribution in [-0.2, 0) is 0 Å². The van der Waals surface area contributed by atoms with Gasteiger partial charge in [-0.25, -0.2) is 0 Å². The van der Waals surface area contributed by atoms with Crippen LogP contribution in [0.2, 0.25) is 0 Å². The quantitative estimate of drug-likeness (QED) is 0.199. The van der Waals surface area contributed by atoms with Gasteiger partial charge in [-0.15, -0.1) is 0 Å². The Hall–Kier alpha value is -6.88. The van der Waals surface area contributed by atoms with E-state index in [9.17, 15) is 10.5 Å². The Balaban J connectivity index is 1.32. The standard InChI is InChI=1S/C44H26N4/c45-27-29-19-22-34(23-20-29)48-42-24-21-30(28-46)25-40(42)39-17-8-15-36(44(39)48)32-10-6-9-31(26-32)35-14-7-16-38-37-13-4-5-18-41(37)47(43(35)38)33-11-2-1-3-12-33/h1-26H. The normalized spacial score (nSPS) is 11.3. The second-order valence-corrected chi connectivity index (χ2v) is 12.0. The topological polar surface area (TPSA) is 57.4 Å². The van der Waals surface area contributed by atoms with Gasteiger partial charge in [-0.05, 0) is 77.9 Å². The molecule has 0 fully saturated rings. The third kappa shape index (κ3) is 4.14. The number of para-hydroxylation sites is 4. The van der Waals surface area contributed by atoms with Gasteiger partial charge in [0.1, 0.15) is 0 Å². The summed E-state index contributed by atoms with van der Waals surface area (Å²) in [5, 5.41) is 23.7. The lowest BCUT2D eigenvalue weighted by molar-refractivity contribution is 1.18. The Morgan fingerprint density at radius 1 is 0.375 bits per heavy atom. The molecule has 2 aromatic heterocycles. The first-order valence-electron chi connectivity index (χ1n) is 15.9. The highest BCUT2D eigenvalue weighted by atomic mass is 15.0. The fourth-order valence-corrected chi connectivity index (χ4v) is 7.28. The molecule has 0 spiro atoms. The first-order chi connectivity index (χ1) is 23.7. The van der Waals surface area contributed by atoms with E-state index in [1.165, 1.54) is 21.8 Å². The molecule has 9 rings (SSSR count). The Labute approximate surface area is 277 Å². The summed E-state index contributed by atoms with van der Waals surface area (Å²) in [6.07, 6.45) is 0.